The first kappa shape index (κ1) is 12.5. The van der Waals surface area contributed by atoms with Crippen LogP contribution in [0.5, 0.6) is 0 Å². The van der Waals surface area contributed by atoms with Crippen LogP contribution in [0, 0.1) is 0 Å². The van der Waals surface area contributed by atoms with Gasteiger partial charge in [0, 0.05) is 34.7 Å². The fourth-order valence-electron chi connectivity index (χ4n) is 1.07. The molecule has 0 radical (unpaired) electrons. The van der Waals surface area contributed by atoms with Crippen LogP contribution in [0.25, 0.3) is 0 Å². The van der Waals surface area contributed by atoms with E-state index in [0.717, 1.165) is 13.0 Å². The van der Waals surface area contributed by atoms with E-state index < -0.39 is 0 Å². The molecule has 0 atom stereocenters. The summed E-state index contributed by atoms with van der Waals surface area (Å²) in [5.41, 5.74) is 0. The summed E-state index contributed by atoms with van der Waals surface area (Å²) in [5.74, 6) is 1.96. The number of rotatable bonds is 5. The SMILES string of the molecule is CCCNc1nc(N(C)C)nc(N(C)C)n1. The summed E-state index contributed by atoms with van der Waals surface area (Å²) in [4.78, 5) is 16.7. The molecule has 6 nitrogen and oxygen atoms in total. The number of nitrogens with one attached hydrogen (secondary N) is 1. The average molecular weight is 224 g/mol. The number of anilines is 3. The van der Waals surface area contributed by atoms with Gasteiger partial charge in [0.05, 0.1) is 0 Å². The summed E-state index contributed by atoms with van der Waals surface area (Å²) in [7, 11) is 7.66. The van der Waals surface area contributed by atoms with Crippen LogP contribution in [0.15, 0.2) is 0 Å². The van der Waals surface area contributed by atoms with E-state index in [9.17, 15) is 0 Å². The first-order valence-corrected chi connectivity index (χ1v) is 5.39. The van der Waals surface area contributed by atoms with E-state index >= 15 is 0 Å². The Kier molecular flexibility index (Phi) is 4.28. The van der Waals surface area contributed by atoms with Gasteiger partial charge >= 0.3 is 0 Å². The Balaban J connectivity index is 2.99. The Morgan fingerprint density at radius 3 is 1.81 bits per heavy atom. The zero-order valence-corrected chi connectivity index (χ0v) is 10.7. The van der Waals surface area contributed by atoms with Crippen LogP contribution < -0.4 is 15.1 Å². The molecule has 0 spiro atoms. The first-order chi connectivity index (χ1) is 7.54. The summed E-state index contributed by atoms with van der Waals surface area (Å²) in [5, 5.41) is 3.17. The van der Waals surface area contributed by atoms with Gasteiger partial charge in [-0.3, -0.25) is 0 Å². The van der Waals surface area contributed by atoms with E-state index in [2.05, 4.69) is 27.2 Å². The summed E-state index contributed by atoms with van der Waals surface area (Å²) < 4.78 is 0. The van der Waals surface area contributed by atoms with Crippen LogP contribution in [0.3, 0.4) is 0 Å². The summed E-state index contributed by atoms with van der Waals surface area (Å²) >= 11 is 0. The Bertz CT molecular complexity index is 310. The van der Waals surface area contributed by atoms with E-state index in [0.29, 0.717) is 17.8 Å². The molecule has 0 aliphatic heterocycles. The minimum absolute atomic E-state index is 0.629. The minimum Gasteiger partial charge on any atom is -0.354 e. The summed E-state index contributed by atoms with van der Waals surface area (Å²) in [6.45, 7) is 2.97. The van der Waals surface area contributed by atoms with E-state index in [1.165, 1.54) is 0 Å². The van der Waals surface area contributed by atoms with E-state index in [4.69, 9.17) is 0 Å². The molecule has 1 aromatic rings. The number of hydrogen-bond acceptors (Lipinski definition) is 6. The van der Waals surface area contributed by atoms with Crippen molar-refractivity contribution in [2.45, 2.75) is 13.3 Å². The molecule has 0 saturated heterocycles. The van der Waals surface area contributed by atoms with Gasteiger partial charge in [-0.25, -0.2) is 0 Å². The third-order valence-corrected chi connectivity index (χ3v) is 1.94. The van der Waals surface area contributed by atoms with Gasteiger partial charge in [-0.15, -0.1) is 0 Å². The van der Waals surface area contributed by atoms with Crippen LogP contribution in [0.2, 0.25) is 0 Å². The average Bonchev–Trinajstić information content (AvgIpc) is 2.25. The highest BCUT2D eigenvalue weighted by Gasteiger charge is 2.08. The Morgan fingerprint density at radius 1 is 0.938 bits per heavy atom. The highest BCUT2D eigenvalue weighted by molar-refractivity contribution is 5.43. The molecule has 0 fully saturated rings. The zero-order chi connectivity index (χ0) is 12.1. The lowest BCUT2D eigenvalue weighted by atomic mass is 10.5. The molecule has 0 aliphatic carbocycles. The summed E-state index contributed by atoms with van der Waals surface area (Å²) in [6, 6.07) is 0. The predicted octanol–water partition coefficient (Wildman–Crippen LogP) is 0.825. The standard InChI is InChI=1S/C10H20N6/c1-6-7-11-8-12-9(15(2)3)14-10(13-8)16(4)5/h6-7H2,1-5H3,(H,11,12,13,14). The van der Waals surface area contributed by atoms with E-state index in [1.807, 2.05) is 38.0 Å². The topological polar surface area (TPSA) is 57.2 Å². The fraction of sp³-hybridized carbons (Fsp3) is 0.700. The molecule has 1 aromatic heterocycles. The highest BCUT2D eigenvalue weighted by atomic mass is 15.3. The second-order valence-corrected chi connectivity index (χ2v) is 3.97. The third-order valence-electron chi connectivity index (χ3n) is 1.94. The molecule has 0 amide bonds. The van der Waals surface area contributed by atoms with Gasteiger partial charge in [0.2, 0.25) is 17.8 Å². The molecular formula is C10H20N6. The molecule has 0 unspecified atom stereocenters. The molecule has 90 valence electrons. The van der Waals surface area contributed by atoms with Gasteiger partial charge < -0.3 is 15.1 Å². The molecule has 0 saturated carbocycles. The van der Waals surface area contributed by atoms with Crippen molar-refractivity contribution in [3.8, 4) is 0 Å². The normalized spacial score (nSPS) is 10.1. The Labute approximate surface area is 96.7 Å². The van der Waals surface area contributed by atoms with Gasteiger partial charge in [-0.2, -0.15) is 15.0 Å². The van der Waals surface area contributed by atoms with Crippen molar-refractivity contribution >= 4 is 17.8 Å². The lowest BCUT2D eigenvalue weighted by Crippen LogP contribution is -2.20. The van der Waals surface area contributed by atoms with Crippen molar-refractivity contribution < 1.29 is 0 Å². The van der Waals surface area contributed by atoms with Crippen molar-refractivity contribution in [2.24, 2.45) is 0 Å². The molecule has 1 N–H and O–H groups in total. The van der Waals surface area contributed by atoms with Gasteiger partial charge in [0.1, 0.15) is 0 Å². The molecule has 1 rings (SSSR count). The molecule has 6 heteroatoms. The number of aromatic nitrogens is 3. The van der Waals surface area contributed by atoms with Gasteiger partial charge in [-0.05, 0) is 6.42 Å². The lowest BCUT2D eigenvalue weighted by Gasteiger charge is -2.16. The highest BCUT2D eigenvalue weighted by Crippen LogP contribution is 2.12. The summed E-state index contributed by atoms with van der Waals surface area (Å²) in [6.07, 6.45) is 1.04. The maximum Gasteiger partial charge on any atom is 0.231 e. The van der Waals surface area contributed by atoms with Crippen molar-refractivity contribution in [1.82, 2.24) is 15.0 Å². The van der Waals surface area contributed by atoms with Gasteiger partial charge in [0.15, 0.2) is 0 Å². The van der Waals surface area contributed by atoms with Gasteiger partial charge in [-0.1, -0.05) is 6.92 Å². The van der Waals surface area contributed by atoms with E-state index in [-0.39, 0.29) is 0 Å². The molecular weight excluding hydrogens is 204 g/mol. The maximum absolute atomic E-state index is 4.33. The van der Waals surface area contributed by atoms with Crippen molar-refractivity contribution in [3.63, 3.8) is 0 Å². The number of nitrogens with zero attached hydrogens (tertiary/aromatic N) is 5. The molecule has 0 bridgehead atoms. The predicted molar refractivity (Wildman–Crippen MR) is 67.3 cm³/mol. The van der Waals surface area contributed by atoms with Crippen LogP contribution in [0.1, 0.15) is 13.3 Å². The smallest absolute Gasteiger partial charge is 0.231 e. The van der Waals surface area contributed by atoms with E-state index in [1.54, 1.807) is 0 Å². The van der Waals surface area contributed by atoms with Crippen LogP contribution in [-0.4, -0.2) is 49.7 Å². The third kappa shape index (κ3) is 3.22. The quantitative estimate of drug-likeness (QED) is 0.799. The first-order valence-electron chi connectivity index (χ1n) is 5.39. The fourth-order valence-corrected chi connectivity index (χ4v) is 1.07. The minimum atomic E-state index is 0.629. The maximum atomic E-state index is 4.33. The van der Waals surface area contributed by atoms with Crippen molar-refractivity contribution in [1.29, 1.82) is 0 Å². The lowest BCUT2D eigenvalue weighted by molar-refractivity contribution is 0.893. The van der Waals surface area contributed by atoms with Crippen LogP contribution in [-0.2, 0) is 0 Å². The Hall–Kier alpha value is -1.59. The Morgan fingerprint density at radius 2 is 1.44 bits per heavy atom. The monoisotopic (exact) mass is 224 g/mol. The second-order valence-electron chi connectivity index (χ2n) is 3.97. The van der Waals surface area contributed by atoms with Crippen molar-refractivity contribution in [2.75, 3.05) is 49.9 Å². The molecule has 16 heavy (non-hydrogen) atoms. The van der Waals surface area contributed by atoms with Crippen molar-refractivity contribution in [3.05, 3.63) is 0 Å². The molecule has 1 heterocycles. The van der Waals surface area contributed by atoms with Crippen LogP contribution >= 0.6 is 0 Å². The molecule has 0 aliphatic rings. The van der Waals surface area contributed by atoms with Crippen LogP contribution in [0.4, 0.5) is 17.8 Å². The largest absolute Gasteiger partial charge is 0.354 e. The van der Waals surface area contributed by atoms with Gasteiger partial charge in [0.25, 0.3) is 0 Å². The second kappa shape index (κ2) is 5.48. The zero-order valence-electron chi connectivity index (χ0n) is 10.7. The number of hydrogen-bond donors (Lipinski definition) is 1. The molecule has 0 aromatic carbocycles.